The standard InChI is InChI=1S/C9H7ClO3/c10-9-5-2-1-4(3-5)6(9)7(11)13-8(9)12/h1-2,4-6H,3H2/t4-,5+,6-,9+/m0/s1. The van der Waals surface area contributed by atoms with E-state index in [1.54, 1.807) is 0 Å². The molecular weight excluding hydrogens is 192 g/mol. The maximum atomic E-state index is 11.4. The molecule has 0 radical (unpaired) electrons. The molecule has 4 heteroatoms. The fourth-order valence-electron chi connectivity index (χ4n) is 2.69. The summed E-state index contributed by atoms with van der Waals surface area (Å²) in [6.07, 6.45) is 4.71. The first-order valence-corrected chi connectivity index (χ1v) is 4.65. The second-order valence-corrected chi connectivity index (χ2v) is 4.47. The molecular formula is C9H7ClO3. The van der Waals surface area contributed by atoms with Crippen LogP contribution >= 0.6 is 11.6 Å². The van der Waals surface area contributed by atoms with E-state index in [1.807, 2.05) is 12.2 Å². The first kappa shape index (κ1) is 7.56. The quantitative estimate of drug-likeness (QED) is 0.251. The van der Waals surface area contributed by atoms with Gasteiger partial charge in [-0.25, -0.2) is 4.79 Å². The number of cyclic esters (lactones) is 2. The molecule has 0 unspecified atom stereocenters. The summed E-state index contributed by atoms with van der Waals surface area (Å²) < 4.78 is 4.56. The molecule has 1 heterocycles. The van der Waals surface area contributed by atoms with Crippen LogP contribution in [0.3, 0.4) is 0 Å². The summed E-state index contributed by atoms with van der Waals surface area (Å²) in [6, 6.07) is 0. The average molecular weight is 199 g/mol. The van der Waals surface area contributed by atoms with Gasteiger partial charge in [-0.05, 0) is 12.3 Å². The fraction of sp³-hybridized carbons (Fsp3) is 0.556. The third-order valence-corrected chi connectivity index (χ3v) is 3.97. The number of carbonyl (C=O) groups excluding carboxylic acids is 2. The van der Waals surface area contributed by atoms with E-state index in [4.69, 9.17) is 11.6 Å². The average Bonchev–Trinajstić information content (AvgIpc) is 2.66. The highest BCUT2D eigenvalue weighted by Crippen LogP contribution is 2.57. The number of carbonyl (C=O) groups is 2. The molecule has 13 heavy (non-hydrogen) atoms. The van der Waals surface area contributed by atoms with Crippen molar-refractivity contribution in [3.05, 3.63) is 12.2 Å². The molecule has 2 aliphatic carbocycles. The molecule has 3 rings (SSSR count). The van der Waals surface area contributed by atoms with E-state index < -0.39 is 22.7 Å². The Morgan fingerprint density at radius 3 is 2.92 bits per heavy atom. The minimum atomic E-state index is -1.07. The van der Waals surface area contributed by atoms with Gasteiger partial charge in [-0.2, -0.15) is 0 Å². The molecule has 0 spiro atoms. The molecule has 0 aromatic rings. The molecule has 0 aromatic heterocycles. The molecule has 0 amide bonds. The van der Waals surface area contributed by atoms with Crippen molar-refractivity contribution >= 4 is 23.5 Å². The fourth-order valence-corrected chi connectivity index (χ4v) is 3.14. The van der Waals surface area contributed by atoms with E-state index in [-0.39, 0.29) is 11.8 Å². The number of hydrogen-bond acceptors (Lipinski definition) is 3. The van der Waals surface area contributed by atoms with Crippen molar-refractivity contribution < 1.29 is 14.3 Å². The van der Waals surface area contributed by atoms with Crippen LogP contribution in [0.1, 0.15) is 6.42 Å². The molecule has 0 N–H and O–H groups in total. The van der Waals surface area contributed by atoms with Gasteiger partial charge in [-0.15, -0.1) is 11.6 Å². The molecule has 1 saturated carbocycles. The van der Waals surface area contributed by atoms with Crippen LogP contribution < -0.4 is 0 Å². The predicted octanol–water partition coefficient (Wildman–Crippen LogP) is 0.869. The highest BCUT2D eigenvalue weighted by molar-refractivity contribution is 6.38. The largest absolute Gasteiger partial charge is 0.392 e. The number of ether oxygens (including phenoxy) is 1. The van der Waals surface area contributed by atoms with Crippen molar-refractivity contribution in [1.82, 2.24) is 0 Å². The lowest BCUT2D eigenvalue weighted by Crippen LogP contribution is -2.39. The van der Waals surface area contributed by atoms with E-state index in [1.165, 1.54) is 0 Å². The first-order chi connectivity index (χ1) is 6.14. The van der Waals surface area contributed by atoms with E-state index in [0.717, 1.165) is 6.42 Å². The van der Waals surface area contributed by atoms with Gasteiger partial charge in [0.2, 0.25) is 0 Å². The van der Waals surface area contributed by atoms with Crippen LogP contribution in [-0.2, 0) is 14.3 Å². The first-order valence-electron chi connectivity index (χ1n) is 4.27. The van der Waals surface area contributed by atoms with Crippen molar-refractivity contribution in [2.45, 2.75) is 11.3 Å². The number of rotatable bonds is 0. The van der Waals surface area contributed by atoms with Crippen molar-refractivity contribution in [3.8, 4) is 0 Å². The molecule has 2 fully saturated rings. The minimum absolute atomic E-state index is 0.0110. The monoisotopic (exact) mass is 198 g/mol. The lowest BCUT2D eigenvalue weighted by molar-refractivity contribution is -0.154. The van der Waals surface area contributed by atoms with Crippen molar-refractivity contribution in [1.29, 1.82) is 0 Å². The highest BCUT2D eigenvalue weighted by atomic mass is 35.5. The Morgan fingerprint density at radius 1 is 1.46 bits per heavy atom. The summed E-state index contributed by atoms with van der Waals surface area (Å²) in [5.41, 5.74) is 0. The molecule has 1 aliphatic heterocycles. The van der Waals surface area contributed by atoms with E-state index >= 15 is 0 Å². The zero-order valence-electron chi connectivity index (χ0n) is 6.70. The summed E-state index contributed by atoms with van der Waals surface area (Å²) in [6.45, 7) is 0. The topological polar surface area (TPSA) is 43.4 Å². The maximum absolute atomic E-state index is 11.4. The molecule has 0 aromatic carbocycles. The van der Waals surface area contributed by atoms with Crippen LogP contribution in [0.4, 0.5) is 0 Å². The Kier molecular flexibility index (Phi) is 1.15. The number of allylic oxidation sites excluding steroid dienone is 2. The summed E-state index contributed by atoms with van der Waals surface area (Å²) in [5, 5.41) is 0. The van der Waals surface area contributed by atoms with Crippen molar-refractivity contribution in [2.24, 2.45) is 17.8 Å². The molecule has 4 atom stereocenters. The number of hydrogen-bond donors (Lipinski definition) is 0. The van der Waals surface area contributed by atoms with E-state index in [2.05, 4.69) is 4.74 Å². The molecule has 1 saturated heterocycles. The van der Waals surface area contributed by atoms with Gasteiger partial charge in [0.25, 0.3) is 0 Å². The lowest BCUT2D eigenvalue weighted by Gasteiger charge is -2.22. The third-order valence-electron chi connectivity index (χ3n) is 3.30. The van der Waals surface area contributed by atoms with Crippen molar-refractivity contribution in [3.63, 3.8) is 0 Å². The lowest BCUT2D eigenvalue weighted by atomic mass is 9.84. The summed E-state index contributed by atoms with van der Waals surface area (Å²) in [5.74, 6) is -1.33. The van der Waals surface area contributed by atoms with Gasteiger partial charge in [-0.1, -0.05) is 12.2 Å². The zero-order valence-corrected chi connectivity index (χ0v) is 7.45. The van der Waals surface area contributed by atoms with Crippen molar-refractivity contribution in [2.75, 3.05) is 0 Å². The molecule has 3 nitrogen and oxygen atoms in total. The second-order valence-electron chi connectivity index (χ2n) is 3.85. The van der Waals surface area contributed by atoms with E-state index in [9.17, 15) is 9.59 Å². The number of halogens is 1. The Hall–Kier alpha value is -0.830. The number of alkyl halides is 1. The number of esters is 2. The van der Waals surface area contributed by atoms with Gasteiger partial charge in [0.05, 0.1) is 5.92 Å². The predicted molar refractivity (Wildman–Crippen MR) is 43.9 cm³/mol. The van der Waals surface area contributed by atoms with Gasteiger partial charge in [0, 0.05) is 5.92 Å². The van der Waals surface area contributed by atoms with Crippen LogP contribution in [-0.4, -0.2) is 16.8 Å². The summed E-state index contributed by atoms with van der Waals surface area (Å²) >= 11 is 6.16. The van der Waals surface area contributed by atoms with Gasteiger partial charge in [-0.3, -0.25) is 4.79 Å². The highest BCUT2D eigenvalue weighted by Gasteiger charge is 2.68. The van der Waals surface area contributed by atoms with E-state index in [0.29, 0.717) is 0 Å². The van der Waals surface area contributed by atoms with Crippen LogP contribution in [0.25, 0.3) is 0 Å². The Balaban J connectivity index is 2.17. The minimum Gasteiger partial charge on any atom is -0.392 e. The van der Waals surface area contributed by atoms with Crippen LogP contribution in [0.2, 0.25) is 0 Å². The molecule has 3 aliphatic rings. The van der Waals surface area contributed by atoms with Crippen LogP contribution in [0.5, 0.6) is 0 Å². The Morgan fingerprint density at radius 2 is 2.23 bits per heavy atom. The smallest absolute Gasteiger partial charge is 0.336 e. The second kappa shape index (κ2) is 1.98. The van der Waals surface area contributed by atoms with Gasteiger partial charge in [0.1, 0.15) is 0 Å². The number of fused-ring (bicyclic) bond motifs is 5. The Bertz CT molecular complexity index is 349. The van der Waals surface area contributed by atoms with Crippen LogP contribution in [0, 0.1) is 17.8 Å². The SMILES string of the molecule is O=C1OC(=O)[C@@]2(Cl)[C@@H]3C=C[C@@H](C3)[C@@H]12. The van der Waals surface area contributed by atoms with Gasteiger partial charge >= 0.3 is 11.9 Å². The normalized spacial score (nSPS) is 51.3. The van der Waals surface area contributed by atoms with Crippen LogP contribution in [0.15, 0.2) is 12.2 Å². The summed E-state index contributed by atoms with van der Waals surface area (Å²) in [4.78, 5) is 21.6. The van der Waals surface area contributed by atoms with Gasteiger partial charge in [0.15, 0.2) is 4.87 Å². The Labute approximate surface area is 79.7 Å². The van der Waals surface area contributed by atoms with Gasteiger partial charge < -0.3 is 4.74 Å². The third kappa shape index (κ3) is 0.645. The summed E-state index contributed by atoms with van der Waals surface area (Å²) in [7, 11) is 0. The zero-order chi connectivity index (χ0) is 9.22. The molecule has 68 valence electrons. The maximum Gasteiger partial charge on any atom is 0.336 e. The molecule has 2 bridgehead atoms.